The zero-order valence-corrected chi connectivity index (χ0v) is 18.7. The number of carbonyl (C=O) groups is 1. The van der Waals surface area contributed by atoms with Crippen molar-refractivity contribution in [1.82, 2.24) is 25.1 Å². The third-order valence-corrected chi connectivity index (χ3v) is 5.91. The van der Waals surface area contributed by atoms with Crippen LogP contribution in [0.3, 0.4) is 0 Å². The lowest BCUT2D eigenvalue weighted by Gasteiger charge is -2.12. The predicted octanol–water partition coefficient (Wildman–Crippen LogP) is 4.20. The van der Waals surface area contributed by atoms with Crippen LogP contribution in [0.4, 0.5) is 0 Å². The molecule has 0 saturated heterocycles. The van der Waals surface area contributed by atoms with Crippen molar-refractivity contribution in [2.24, 2.45) is 0 Å². The summed E-state index contributed by atoms with van der Waals surface area (Å²) in [6.45, 7) is 2.39. The van der Waals surface area contributed by atoms with Crippen LogP contribution in [0.5, 0.6) is 5.75 Å². The molecule has 8 heteroatoms. The van der Waals surface area contributed by atoms with Gasteiger partial charge in [0.1, 0.15) is 11.6 Å². The molecule has 0 radical (unpaired) electrons. The van der Waals surface area contributed by atoms with Crippen LogP contribution >= 0.6 is 11.8 Å². The van der Waals surface area contributed by atoms with E-state index in [4.69, 9.17) is 4.74 Å². The van der Waals surface area contributed by atoms with E-state index in [1.54, 1.807) is 31.3 Å². The molecule has 0 unspecified atom stereocenters. The van der Waals surface area contributed by atoms with E-state index < -0.39 is 0 Å². The fourth-order valence-electron chi connectivity index (χ4n) is 3.21. The number of rotatable bonds is 8. The lowest BCUT2D eigenvalue weighted by atomic mass is 10.1. The third-order valence-electron chi connectivity index (χ3n) is 4.91. The normalized spacial score (nSPS) is 10.7. The van der Waals surface area contributed by atoms with Gasteiger partial charge in [-0.15, -0.1) is 10.2 Å². The van der Waals surface area contributed by atoms with Crippen molar-refractivity contribution < 1.29 is 9.53 Å². The first-order valence-electron chi connectivity index (χ1n) is 10.1. The number of hydrogen-bond donors (Lipinski definition) is 1. The summed E-state index contributed by atoms with van der Waals surface area (Å²) in [5, 5.41) is 12.3. The Bertz CT molecular complexity index is 1190. The predicted molar refractivity (Wildman–Crippen MR) is 124 cm³/mol. The average molecular weight is 446 g/mol. The standard InChI is InChI=1S/C24H23N5O2S/c1-17-27-28-24(29(17)21-5-3-4-6-22(21)31-2)32-16-19-7-9-20(10-8-19)23(30)26-15-18-11-13-25-14-12-18/h3-14H,15-16H2,1-2H3,(H,26,30). The molecule has 0 fully saturated rings. The number of amides is 1. The Hall–Kier alpha value is -3.65. The Labute approximate surface area is 190 Å². The molecule has 4 rings (SSSR count). The van der Waals surface area contributed by atoms with Gasteiger partial charge in [-0.05, 0) is 54.4 Å². The van der Waals surface area contributed by atoms with Gasteiger partial charge in [-0.25, -0.2) is 0 Å². The summed E-state index contributed by atoms with van der Waals surface area (Å²) >= 11 is 1.58. The summed E-state index contributed by atoms with van der Waals surface area (Å²) in [5.74, 6) is 2.15. The van der Waals surface area contributed by atoms with Crippen LogP contribution in [-0.4, -0.2) is 32.8 Å². The Kier molecular flexibility index (Phi) is 6.81. The number of hydrogen-bond acceptors (Lipinski definition) is 6. The Balaban J connectivity index is 1.40. The average Bonchev–Trinajstić information content (AvgIpc) is 3.22. The van der Waals surface area contributed by atoms with Crippen molar-refractivity contribution in [3.8, 4) is 11.4 Å². The maximum absolute atomic E-state index is 12.4. The second-order valence-electron chi connectivity index (χ2n) is 7.06. The monoisotopic (exact) mass is 445 g/mol. The number of pyridine rings is 1. The molecule has 0 aliphatic heterocycles. The van der Waals surface area contributed by atoms with Gasteiger partial charge in [0.05, 0.1) is 12.8 Å². The molecule has 0 saturated carbocycles. The molecule has 0 aliphatic carbocycles. The van der Waals surface area contributed by atoms with Gasteiger partial charge >= 0.3 is 0 Å². The number of nitrogens with one attached hydrogen (secondary N) is 1. The maximum atomic E-state index is 12.4. The highest BCUT2D eigenvalue weighted by Gasteiger charge is 2.15. The number of aryl methyl sites for hydroxylation is 1. The molecular formula is C24H23N5O2S. The zero-order chi connectivity index (χ0) is 22.3. The van der Waals surface area contributed by atoms with E-state index in [9.17, 15) is 4.79 Å². The highest BCUT2D eigenvalue weighted by Crippen LogP contribution is 2.29. The summed E-state index contributed by atoms with van der Waals surface area (Å²) in [4.78, 5) is 16.4. The second-order valence-corrected chi connectivity index (χ2v) is 8.00. The number of thioether (sulfide) groups is 1. The summed E-state index contributed by atoms with van der Waals surface area (Å²) in [6.07, 6.45) is 3.42. The van der Waals surface area contributed by atoms with Crippen LogP contribution in [0.1, 0.15) is 27.3 Å². The van der Waals surface area contributed by atoms with Crippen molar-refractivity contribution in [2.75, 3.05) is 7.11 Å². The molecule has 2 aromatic carbocycles. The molecule has 0 bridgehead atoms. The van der Waals surface area contributed by atoms with E-state index in [1.807, 2.05) is 72.2 Å². The molecule has 2 heterocycles. The maximum Gasteiger partial charge on any atom is 0.251 e. The van der Waals surface area contributed by atoms with E-state index in [1.165, 1.54) is 0 Å². The first-order valence-corrected chi connectivity index (χ1v) is 11.1. The van der Waals surface area contributed by atoms with Gasteiger partial charge in [-0.2, -0.15) is 0 Å². The third kappa shape index (κ3) is 4.97. The van der Waals surface area contributed by atoms with Crippen molar-refractivity contribution in [2.45, 2.75) is 24.4 Å². The van der Waals surface area contributed by atoms with Gasteiger partial charge in [-0.1, -0.05) is 36.0 Å². The smallest absolute Gasteiger partial charge is 0.251 e. The fourth-order valence-corrected chi connectivity index (χ4v) is 4.16. The highest BCUT2D eigenvalue weighted by atomic mass is 32.2. The van der Waals surface area contributed by atoms with E-state index in [0.717, 1.165) is 33.5 Å². The largest absolute Gasteiger partial charge is 0.495 e. The number of methoxy groups -OCH3 is 1. The van der Waals surface area contributed by atoms with Gasteiger partial charge in [0.2, 0.25) is 0 Å². The Morgan fingerprint density at radius 2 is 1.75 bits per heavy atom. The van der Waals surface area contributed by atoms with Crippen LogP contribution in [-0.2, 0) is 12.3 Å². The van der Waals surface area contributed by atoms with E-state index in [0.29, 0.717) is 17.9 Å². The minimum Gasteiger partial charge on any atom is -0.495 e. The van der Waals surface area contributed by atoms with Crippen LogP contribution in [0.2, 0.25) is 0 Å². The van der Waals surface area contributed by atoms with Crippen LogP contribution in [0, 0.1) is 6.92 Å². The molecule has 32 heavy (non-hydrogen) atoms. The number of carbonyl (C=O) groups excluding carboxylic acids is 1. The van der Waals surface area contributed by atoms with Gasteiger partial charge in [0.15, 0.2) is 5.16 Å². The molecule has 1 amide bonds. The molecule has 2 aromatic heterocycles. The topological polar surface area (TPSA) is 81.9 Å². The number of benzene rings is 2. The number of nitrogens with zero attached hydrogens (tertiary/aromatic N) is 4. The lowest BCUT2D eigenvalue weighted by Crippen LogP contribution is -2.22. The lowest BCUT2D eigenvalue weighted by molar-refractivity contribution is 0.0951. The summed E-state index contributed by atoms with van der Waals surface area (Å²) in [5.41, 5.74) is 3.63. The van der Waals surface area contributed by atoms with Gasteiger partial charge in [-0.3, -0.25) is 14.3 Å². The van der Waals surface area contributed by atoms with Gasteiger partial charge in [0, 0.05) is 30.3 Å². The molecule has 0 spiro atoms. The SMILES string of the molecule is COc1ccccc1-n1c(C)nnc1SCc1ccc(C(=O)NCc2ccncc2)cc1. The minimum absolute atomic E-state index is 0.104. The fraction of sp³-hybridized carbons (Fsp3) is 0.167. The summed E-state index contributed by atoms with van der Waals surface area (Å²) in [6, 6.07) is 19.2. The molecule has 0 atom stereocenters. The number of ether oxygens (including phenoxy) is 1. The van der Waals surface area contributed by atoms with Crippen LogP contribution < -0.4 is 10.1 Å². The van der Waals surface area contributed by atoms with E-state index in [2.05, 4.69) is 20.5 Å². The van der Waals surface area contributed by atoms with Crippen molar-refractivity contribution in [3.05, 3.63) is 95.6 Å². The Morgan fingerprint density at radius 3 is 2.50 bits per heavy atom. The first-order chi connectivity index (χ1) is 15.7. The zero-order valence-electron chi connectivity index (χ0n) is 17.9. The van der Waals surface area contributed by atoms with Gasteiger partial charge in [0.25, 0.3) is 5.91 Å². The summed E-state index contributed by atoms with van der Waals surface area (Å²) < 4.78 is 7.49. The Morgan fingerprint density at radius 1 is 1.00 bits per heavy atom. The quantitative estimate of drug-likeness (QED) is 0.409. The molecule has 7 nitrogen and oxygen atoms in total. The van der Waals surface area contributed by atoms with Crippen molar-refractivity contribution in [3.63, 3.8) is 0 Å². The first kappa shape index (κ1) is 21.6. The van der Waals surface area contributed by atoms with Crippen molar-refractivity contribution >= 4 is 17.7 Å². The van der Waals surface area contributed by atoms with Crippen molar-refractivity contribution in [1.29, 1.82) is 0 Å². The van der Waals surface area contributed by atoms with Gasteiger partial charge < -0.3 is 10.1 Å². The highest BCUT2D eigenvalue weighted by molar-refractivity contribution is 7.98. The molecule has 0 aliphatic rings. The summed E-state index contributed by atoms with van der Waals surface area (Å²) in [7, 11) is 1.65. The minimum atomic E-state index is -0.104. The number of para-hydroxylation sites is 2. The molecule has 162 valence electrons. The second kappa shape index (κ2) is 10.1. The molecular weight excluding hydrogens is 422 g/mol. The van der Waals surface area contributed by atoms with Crippen LogP contribution in [0.25, 0.3) is 5.69 Å². The van der Waals surface area contributed by atoms with Crippen LogP contribution in [0.15, 0.2) is 78.2 Å². The van der Waals surface area contributed by atoms with E-state index >= 15 is 0 Å². The number of aromatic nitrogens is 4. The molecule has 4 aromatic rings. The van der Waals surface area contributed by atoms with E-state index in [-0.39, 0.29) is 5.91 Å². The molecule has 1 N–H and O–H groups in total.